The van der Waals surface area contributed by atoms with Crippen LogP contribution in [-0.2, 0) is 13.0 Å². The maximum Gasteiger partial charge on any atom is 0.391 e. The number of benzene rings is 1. The lowest BCUT2D eigenvalue weighted by Gasteiger charge is -2.42. The summed E-state index contributed by atoms with van der Waals surface area (Å²) in [7, 11) is 0. The summed E-state index contributed by atoms with van der Waals surface area (Å²) in [5.41, 5.74) is 2.45. The van der Waals surface area contributed by atoms with Crippen LogP contribution in [0.2, 0.25) is 0 Å². The maximum atomic E-state index is 12.9. The third kappa shape index (κ3) is 4.52. The quantitative estimate of drug-likeness (QED) is 0.866. The van der Waals surface area contributed by atoms with Crippen molar-refractivity contribution in [3.63, 3.8) is 0 Å². The Kier molecular flexibility index (Phi) is 5.82. The Bertz CT molecular complexity index is 610. The normalized spacial score (nSPS) is 21.8. The zero-order valence-electron chi connectivity index (χ0n) is 15.6. The second-order valence-electron chi connectivity index (χ2n) is 8.10. The van der Waals surface area contributed by atoms with Crippen LogP contribution in [0.4, 0.5) is 13.2 Å². The van der Waals surface area contributed by atoms with E-state index in [4.69, 9.17) is 0 Å². The smallest absolute Gasteiger partial charge is 0.391 e. The molecule has 0 amide bonds. The first kappa shape index (κ1) is 19.5. The molecule has 1 saturated heterocycles. The number of phenols is 1. The maximum absolute atomic E-state index is 12.9. The zero-order valence-corrected chi connectivity index (χ0v) is 15.6. The minimum atomic E-state index is -4.05. The van der Waals surface area contributed by atoms with Gasteiger partial charge in [0.1, 0.15) is 5.75 Å². The van der Waals surface area contributed by atoms with Crippen molar-refractivity contribution in [2.75, 3.05) is 26.2 Å². The van der Waals surface area contributed by atoms with Crippen molar-refractivity contribution in [2.24, 2.45) is 11.8 Å². The van der Waals surface area contributed by atoms with Crippen molar-refractivity contribution in [2.45, 2.75) is 51.9 Å². The fourth-order valence-electron chi connectivity index (χ4n) is 4.30. The van der Waals surface area contributed by atoms with Crippen molar-refractivity contribution in [1.29, 1.82) is 0 Å². The van der Waals surface area contributed by atoms with Crippen LogP contribution in [0.15, 0.2) is 18.2 Å². The lowest BCUT2D eigenvalue weighted by molar-refractivity contribution is -0.185. The molecule has 0 spiro atoms. The van der Waals surface area contributed by atoms with Gasteiger partial charge >= 0.3 is 6.18 Å². The van der Waals surface area contributed by atoms with Gasteiger partial charge in [0.25, 0.3) is 0 Å². The number of hydrogen-bond acceptors (Lipinski definition) is 3. The molecule has 6 heteroatoms. The summed E-state index contributed by atoms with van der Waals surface area (Å²) < 4.78 is 38.6. The van der Waals surface area contributed by atoms with E-state index in [-0.39, 0.29) is 12.8 Å². The van der Waals surface area contributed by atoms with E-state index in [1.54, 1.807) is 6.07 Å². The van der Waals surface area contributed by atoms with Gasteiger partial charge in [-0.2, -0.15) is 13.2 Å². The number of nitrogens with zero attached hydrogens (tertiary/aromatic N) is 2. The Morgan fingerprint density at radius 1 is 1.12 bits per heavy atom. The van der Waals surface area contributed by atoms with E-state index < -0.39 is 12.1 Å². The predicted octanol–water partition coefficient (Wildman–Crippen LogP) is 4.05. The highest BCUT2D eigenvalue weighted by molar-refractivity contribution is 5.36. The molecule has 146 valence electrons. The van der Waals surface area contributed by atoms with Crippen molar-refractivity contribution < 1.29 is 18.3 Å². The molecule has 0 saturated carbocycles. The van der Waals surface area contributed by atoms with Crippen LogP contribution >= 0.6 is 0 Å². The lowest BCUT2D eigenvalue weighted by atomic mass is 9.92. The van der Waals surface area contributed by atoms with Gasteiger partial charge in [-0.05, 0) is 61.5 Å². The average Bonchev–Trinajstić information content (AvgIpc) is 2.58. The molecule has 26 heavy (non-hydrogen) atoms. The highest BCUT2D eigenvalue weighted by Gasteiger charge is 2.41. The number of likely N-dealkylation sites (tertiary alicyclic amines) is 1. The Hall–Kier alpha value is -1.27. The van der Waals surface area contributed by atoms with E-state index in [1.165, 1.54) is 5.56 Å². The van der Waals surface area contributed by atoms with Crippen LogP contribution in [0.5, 0.6) is 5.75 Å². The molecule has 1 fully saturated rings. The number of piperidine rings is 1. The predicted molar refractivity (Wildman–Crippen MR) is 96.1 cm³/mol. The molecule has 3 rings (SSSR count). The number of fused-ring (bicyclic) bond motifs is 1. The molecule has 2 aliphatic heterocycles. The number of aromatic hydroxyl groups is 1. The molecule has 1 aromatic rings. The zero-order chi connectivity index (χ0) is 18.9. The molecule has 0 radical (unpaired) electrons. The van der Waals surface area contributed by atoms with Crippen LogP contribution in [0.3, 0.4) is 0 Å². The average molecular weight is 370 g/mol. The van der Waals surface area contributed by atoms with Gasteiger partial charge in [-0.1, -0.05) is 19.9 Å². The first-order valence-corrected chi connectivity index (χ1v) is 9.58. The third-order valence-corrected chi connectivity index (χ3v) is 5.97. The van der Waals surface area contributed by atoms with E-state index in [2.05, 4.69) is 23.6 Å². The molecule has 1 atom stereocenters. The fraction of sp³-hybridized carbons (Fsp3) is 0.700. The summed E-state index contributed by atoms with van der Waals surface area (Å²) in [6.45, 7) is 8.00. The summed E-state index contributed by atoms with van der Waals surface area (Å²) in [6.07, 6.45) is -2.67. The first-order chi connectivity index (χ1) is 12.2. The Morgan fingerprint density at radius 3 is 2.42 bits per heavy atom. The molecule has 1 N–H and O–H groups in total. The van der Waals surface area contributed by atoms with Crippen LogP contribution in [0, 0.1) is 11.8 Å². The molecule has 2 heterocycles. The third-order valence-electron chi connectivity index (χ3n) is 5.97. The van der Waals surface area contributed by atoms with E-state index in [9.17, 15) is 18.3 Å². The van der Waals surface area contributed by atoms with Gasteiger partial charge in [0.05, 0.1) is 5.92 Å². The van der Waals surface area contributed by atoms with Crippen molar-refractivity contribution in [3.8, 4) is 5.75 Å². The minimum Gasteiger partial charge on any atom is -0.508 e. The summed E-state index contributed by atoms with van der Waals surface area (Å²) in [5, 5.41) is 9.76. The van der Waals surface area contributed by atoms with Crippen molar-refractivity contribution >= 4 is 0 Å². The molecular formula is C20H29F3N2O. The molecular weight excluding hydrogens is 341 g/mol. The second-order valence-corrected chi connectivity index (χ2v) is 8.10. The van der Waals surface area contributed by atoms with Crippen LogP contribution < -0.4 is 0 Å². The van der Waals surface area contributed by atoms with Gasteiger partial charge in [-0.3, -0.25) is 4.90 Å². The number of halogens is 3. The topological polar surface area (TPSA) is 26.7 Å². The van der Waals surface area contributed by atoms with E-state index in [0.29, 0.717) is 30.8 Å². The fourth-order valence-corrected chi connectivity index (χ4v) is 4.30. The Balaban J connectivity index is 1.62. The van der Waals surface area contributed by atoms with Gasteiger partial charge < -0.3 is 10.0 Å². The first-order valence-electron chi connectivity index (χ1n) is 9.58. The van der Waals surface area contributed by atoms with Crippen LogP contribution in [-0.4, -0.2) is 53.3 Å². The van der Waals surface area contributed by atoms with Crippen LogP contribution in [0.1, 0.15) is 37.8 Å². The molecule has 0 aliphatic carbocycles. The standard InChI is InChI=1S/C20H29F3N2O/c1-14(2)19(13-24-8-6-17(7-9-24)20(21,22)23)25-10-5-15-3-4-18(26)11-16(15)12-25/h3-4,11,14,17,19,26H,5-10,12-13H2,1-2H3/t19-/m1/s1. The van der Waals surface area contributed by atoms with Gasteiger partial charge in [0.2, 0.25) is 0 Å². The molecule has 1 aromatic carbocycles. The molecule has 0 bridgehead atoms. The number of rotatable bonds is 4. The summed E-state index contributed by atoms with van der Waals surface area (Å²) in [4.78, 5) is 4.63. The molecule has 0 aromatic heterocycles. The number of alkyl halides is 3. The van der Waals surface area contributed by atoms with Gasteiger partial charge in [0.15, 0.2) is 0 Å². The van der Waals surface area contributed by atoms with Crippen molar-refractivity contribution in [3.05, 3.63) is 29.3 Å². The van der Waals surface area contributed by atoms with E-state index in [0.717, 1.165) is 31.6 Å². The SMILES string of the molecule is CC(C)[C@@H](CN1CCC(C(F)(F)F)CC1)N1CCc2ccc(O)cc2C1. The highest BCUT2D eigenvalue weighted by Crippen LogP contribution is 2.34. The Morgan fingerprint density at radius 2 is 1.81 bits per heavy atom. The van der Waals surface area contributed by atoms with E-state index in [1.807, 2.05) is 12.1 Å². The van der Waals surface area contributed by atoms with Gasteiger partial charge in [0, 0.05) is 25.7 Å². The van der Waals surface area contributed by atoms with Gasteiger partial charge in [-0.15, -0.1) is 0 Å². The summed E-state index contributed by atoms with van der Waals surface area (Å²) in [5.74, 6) is -0.420. The number of phenolic OH excluding ortho intramolecular Hbond substituents is 1. The highest BCUT2D eigenvalue weighted by atomic mass is 19.4. The number of hydrogen-bond donors (Lipinski definition) is 1. The Labute approximate surface area is 153 Å². The van der Waals surface area contributed by atoms with E-state index >= 15 is 0 Å². The molecule has 0 unspecified atom stereocenters. The second kappa shape index (κ2) is 7.77. The molecule has 2 aliphatic rings. The largest absolute Gasteiger partial charge is 0.508 e. The summed E-state index contributed by atoms with van der Waals surface area (Å²) in [6, 6.07) is 5.88. The summed E-state index contributed by atoms with van der Waals surface area (Å²) >= 11 is 0. The minimum absolute atomic E-state index is 0.213. The monoisotopic (exact) mass is 370 g/mol. The van der Waals surface area contributed by atoms with Crippen molar-refractivity contribution in [1.82, 2.24) is 9.80 Å². The van der Waals surface area contributed by atoms with Crippen LogP contribution in [0.25, 0.3) is 0 Å². The molecule has 3 nitrogen and oxygen atoms in total. The van der Waals surface area contributed by atoms with Gasteiger partial charge in [-0.25, -0.2) is 0 Å². The lowest BCUT2D eigenvalue weighted by Crippen LogP contribution is -2.50.